The lowest BCUT2D eigenvalue weighted by atomic mass is 9.49. The molecule has 4 N–H and O–H groups in total. The lowest BCUT2D eigenvalue weighted by Crippen LogP contribution is -2.46. The van der Waals surface area contributed by atoms with Gasteiger partial charge in [-0.1, -0.05) is 6.07 Å². The molecule has 1 aliphatic heterocycles. The second-order valence-electron chi connectivity index (χ2n) is 8.86. The van der Waals surface area contributed by atoms with Crippen LogP contribution in [-0.2, 0) is 16.1 Å². The first-order valence-electron chi connectivity index (χ1n) is 9.92. The molecule has 4 bridgehead atoms. The summed E-state index contributed by atoms with van der Waals surface area (Å²) >= 11 is 0. The van der Waals surface area contributed by atoms with Crippen molar-refractivity contribution in [1.82, 2.24) is 0 Å². The van der Waals surface area contributed by atoms with E-state index in [1.54, 1.807) is 0 Å². The summed E-state index contributed by atoms with van der Waals surface area (Å²) in [7, 11) is 0. The Bertz CT molecular complexity index is 710. The van der Waals surface area contributed by atoms with Gasteiger partial charge in [0.05, 0.1) is 12.1 Å². The third-order valence-electron chi connectivity index (χ3n) is 6.60. The maximum atomic E-state index is 11.0. The number of hydrogen-bond acceptors (Lipinski definition) is 4. The van der Waals surface area contributed by atoms with Gasteiger partial charge in [-0.25, -0.2) is 0 Å². The Hall–Kier alpha value is -2.08. The van der Waals surface area contributed by atoms with Crippen LogP contribution in [-0.4, -0.2) is 23.6 Å². The van der Waals surface area contributed by atoms with Gasteiger partial charge in [0.1, 0.15) is 5.75 Å². The zero-order valence-corrected chi connectivity index (χ0v) is 15.6. The highest BCUT2D eigenvalue weighted by Crippen LogP contribution is 2.61. The lowest BCUT2D eigenvalue weighted by Gasteiger charge is -2.56. The second kappa shape index (κ2) is 7.15. The molecular weight excluding hydrogens is 344 g/mol. The number of nitrogens with one attached hydrogen (secondary N) is 1. The highest BCUT2D eigenvalue weighted by molar-refractivity contribution is 5.95. The summed E-state index contributed by atoms with van der Waals surface area (Å²) in [5.74, 6) is 2.63. The number of aliphatic carboxylic acids is 1. The Morgan fingerprint density at radius 1 is 1.19 bits per heavy atom. The summed E-state index contributed by atoms with van der Waals surface area (Å²) in [6.45, 7) is 0.554. The van der Waals surface area contributed by atoms with Gasteiger partial charge in [-0.05, 0) is 79.4 Å². The van der Waals surface area contributed by atoms with E-state index >= 15 is 0 Å². The summed E-state index contributed by atoms with van der Waals surface area (Å²) < 4.78 is 5.18. The first-order chi connectivity index (χ1) is 12.9. The van der Waals surface area contributed by atoms with Gasteiger partial charge in [-0.3, -0.25) is 9.59 Å². The van der Waals surface area contributed by atoms with Crippen molar-refractivity contribution in [1.29, 1.82) is 0 Å². The number of fused-ring (bicyclic) bond motifs is 1. The van der Waals surface area contributed by atoms with Crippen molar-refractivity contribution in [3.05, 3.63) is 23.8 Å². The fourth-order valence-corrected chi connectivity index (χ4v) is 6.08. The topological polar surface area (TPSA) is 102 Å². The van der Waals surface area contributed by atoms with Crippen LogP contribution in [0, 0.1) is 23.2 Å². The molecule has 0 unspecified atom stereocenters. The normalized spacial score (nSPS) is 32.6. The Kier molecular flexibility index (Phi) is 4.84. The lowest BCUT2D eigenvalue weighted by molar-refractivity contribution is -0.145. The number of nitrogens with two attached hydrogens (primary N) is 1. The van der Waals surface area contributed by atoms with Gasteiger partial charge in [0, 0.05) is 6.54 Å². The Morgan fingerprint density at radius 2 is 1.81 bits per heavy atom. The van der Waals surface area contributed by atoms with E-state index in [-0.39, 0.29) is 17.9 Å². The smallest absolute Gasteiger partial charge is 0.303 e. The molecule has 1 heterocycles. The molecule has 0 spiro atoms. The average Bonchev–Trinajstić information content (AvgIpc) is 2.59. The average molecular weight is 372 g/mol. The van der Waals surface area contributed by atoms with Crippen LogP contribution in [0.5, 0.6) is 5.75 Å². The summed E-state index contributed by atoms with van der Waals surface area (Å²) in [6, 6.07) is 5.53. The molecule has 0 atom stereocenters. The summed E-state index contributed by atoms with van der Waals surface area (Å²) in [5.41, 5.74) is 7.37. The first-order valence-corrected chi connectivity index (χ1v) is 9.92. The van der Waals surface area contributed by atoms with E-state index in [1.165, 1.54) is 38.5 Å². The maximum absolute atomic E-state index is 11.0. The van der Waals surface area contributed by atoms with Crippen molar-refractivity contribution in [2.75, 3.05) is 11.9 Å². The predicted octanol–water partition coefficient (Wildman–Crippen LogP) is 3.15. The van der Waals surface area contributed by atoms with Crippen molar-refractivity contribution in [2.45, 2.75) is 51.5 Å². The van der Waals surface area contributed by atoms with Gasteiger partial charge in [0.15, 0.2) is 6.61 Å². The quantitative estimate of drug-likeness (QED) is 0.756. The largest absolute Gasteiger partial charge is 0.482 e. The van der Waals surface area contributed by atoms with E-state index in [0.29, 0.717) is 24.4 Å². The Labute approximate surface area is 159 Å². The van der Waals surface area contributed by atoms with Gasteiger partial charge in [0.2, 0.25) is 0 Å². The number of benzene rings is 1. The molecule has 4 aliphatic carbocycles. The van der Waals surface area contributed by atoms with Crippen LogP contribution in [0.25, 0.3) is 0 Å². The highest BCUT2D eigenvalue weighted by Gasteiger charge is 2.51. The monoisotopic (exact) mass is 372 g/mol. The Balaban J connectivity index is 0.000000134. The van der Waals surface area contributed by atoms with Crippen molar-refractivity contribution in [2.24, 2.45) is 28.9 Å². The zero-order valence-electron chi connectivity index (χ0n) is 15.6. The highest BCUT2D eigenvalue weighted by atomic mass is 16.5. The van der Waals surface area contributed by atoms with Crippen LogP contribution in [0.2, 0.25) is 0 Å². The van der Waals surface area contributed by atoms with Crippen molar-refractivity contribution < 1.29 is 19.4 Å². The molecule has 1 amide bonds. The van der Waals surface area contributed by atoms with E-state index in [2.05, 4.69) is 5.32 Å². The zero-order chi connectivity index (χ0) is 19.0. The Morgan fingerprint density at radius 3 is 2.37 bits per heavy atom. The minimum Gasteiger partial charge on any atom is -0.482 e. The van der Waals surface area contributed by atoms with Crippen molar-refractivity contribution in [3.63, 3.8) is 0 Å². The van der Waals surface area contributed by atoms with Crippen LogP contribution in [0.15, 0.2) is 18.2 Å². The summed E-state index contributed by atoms with van der Waals surface area (Å²) in [5, 5.41) is 11.7. The molecule has 6 heteroatoms. The third-order valence-corrected chi connectivity index (χ3v) is 6.60. The van der Waals surface area contributed by atoms with Gasteiger partial charge in [-0.15, -0.1) is 0 Å². The molecule has 146 valence electrons. The van der Waals surface area contributed by atoms with Crippen LogP contribution in [0.3, 0.4) is 0 Å². The van der Waals surface area contributed by atoms with E-state index < -0.39 is 5.97 Å². The van der Waals surface area contributed by atoms with Gasteiger partial charge < -0.3 is 20.9 Å². The second-order valence-corrected chi connectivity index (χ2v) is 8.86. The predicted molar refractivity (Wildman–Crippen MR) is 101 cm³/mol. The van der Waals surface area contributed by atoms with Crippen LogP contribution >= 0.6 is 0 Å². The SMILES string of the molecule is NCc1ccc2c(c1)NC(=O)CO2.O=C(O)CC12CC3CC(CC(C3)C1)C2. The van der Waals surface area contributed by atoms with E-state index in [0.717, 1.165) is 23.3 Å². The van der Waals surface area contributed by atoms with Crippen LogP contribution in [0.1, 0.15) is 50.5 Å². The number of carboxylic acids is 1. The number of carbonyl (C=O) groups excluding carboxylic acids is 1. The minimum absolute atomic E-state index is 0.0922. The molecule has 4 fully saturated rings. The van der Waals surface area contributed by atoms with Crippen LogP contribution < -0.4 is 15.8 Å². The van der Waals surface area contributed by atoms with Crippen molar-refractivity contribution >= 4 is 17.6 Å². The molecular formula is C21H28N2O4. The third kappa shape index (κ3) is 3.95. The molecule has 0 aromatic heterocycles. The first kappa shape index (κ1) is 18.3. The fourth-order valence-electron chi connectivity index (χ4n) is 6.08. The molecule has 1 aromatic rings. The fraction of sp³-hybridized carbons (Fsp3) is 0.619. The molecule has 1 aromatic carbocycles. The number of ether oxygens (including phenoxy) is 1. The molecule has 6 rings (SSSR count). The molecule has 0 saturated heterocycles. The minimum atomic E-state index is -0.577. The number of carbonyl (C=O) groups is 2. The van der Waals surface area contributed by atoms with Gasteiger partial charge in [-0.2, -0.15) is 0 Å². The number of hydrogen-bond donors (Lipinski definition) is 3. The summed E-state index contributed by atoms with van der Waals surface area (Å²) in [4.78, 5) is 21.8. The maximum Gasteiger partial charge on any atom is 0.303 e. The van der Waals surface area contributed by atoms with E-state index in [4.69, 9.17) is 15.6 Å². The number of rotatable bonds is 3. The standard InChI is InChI=1S/C12H18O2.C9H10N2O2/c13-11(14)7-12-4-8-1-9(5-12)3-10(2-8)6-12;10-4-6-1-2-8-7(3-6)11-9(12)5-13-8/h8-10H,1-7H2,(H,13,14);1-3H,4-5,10H2,(H,11,12). The molecule has 0 radical (unpaired) electrons. The van der Waals surface area contributed by atoms with Gasteiger partial charge in [0.25, 0.3) is 5.91 Å². The van der Waals surface area contributed by atoms with E-state index in [9.17, 15) is 9.59 Å². The number of carboxylic acid groups (broad SMARTS) is 1. The number of anilines is 1. The molecule has 27 heavy (non-hydrogen) atoms. The number of amides is 1. The molecule has 6 nitrogen and oxygen atoms in total. The molecule has 4 saturated carbocycles. The van der Waals surface area contributed by atoms with Gasteiger partial charge >= 0.3 is 5.97 Å². The van der Waals surface area contributed by atoms with Crippen LogP contribution in [0.4, 0.5) is 5.69 Å². The summed E-state index contributed by atoms with van der Waals surface area (Å²) in [6.07, 6.45) is 8.29. The van der Waals surface area contributed by atoms with Crippen molar-refractivity contribution in [3.8, 4) is 5.75 Å². The van der Waals surface area contributed by atoms with E-state index in [1.807, 2.05) is 18.2 Å². The molecule has 5 aliphatic rings.